The first kappa shape index (κ1) is 16.2. The molecule has 0 atom stereocenters. The molecule has 2 amide bonds. The Kier molecular flexibility index (Phi) is 4.46. The van der Waals surface area contributed by atoms with Crippen LogP contribution in [0.15, 0.2) is 22.9 Å². The average molecular weight is 343 g/mol. The van der Waals surface area contributed by atoms with E-state index in [0.29, 0.717) is 17.8 Å². The number of nitrogens with one attached hydrogen (secondary N) is 1. The van der Waals surface area contributed by atoms with E-state index in [2.05, 4.69) is 15.5 Å². The van der Waals surface area contributed by atoms with Gasteiger partial charge in [-0.05, 0) is 37.8 Å². The summed E-state index contributed by atoms with van der Waals surface area (Å²) in [5.74, 6) is 1.55. The Morgan fingerprint density at radius 1 is 1.24 bits per heavy atom. The van der Waals surface area contributed by atoms with Crippen LogP contribution in [-0.4, -0.2) is 44.8 Å². The van der Waals surface area contributed by atoms with Crippen LogP contribution in [-0.2, 0) is 7.05 Å². The number of piperidine rings is 1. The molecule has 25 heavy (non-hydrogen) atoms. The molecule has 7 heteroatoms. The van der Waals surface area contributed by atoms with Crippen LogP contribution in [0.2, 0.25) is 0 Å². The third-order valence-corrected chi connectivity index (χ3v) is 5.43. The molecular weight excluding hydrogens is 318 g/mol. The summed E-state index contributed by atoms with van der Waals surface area (Å²) in [5.41, 5.74) is 0.948. The topological polar surface area (TPSA) is 76.2 Å². The van der Waals surface area contributed by atoms with Gasteiger partial charge >= 0.3 is 6.03 Å². The van der Waals surface area contributed by atoms with E-state index < -0.39 is 0 Å². The van der Waals surface area contributed by atoms with E-state index in [1.165, 1.54) is 12.8 Å². The lowest BCUT2D eigenvalue weighted by Crippen LogP contribution is -2.47. The number of urea groups is 1. The van der Waals surface area contributed by atoms with Gasteiger partial charge in [0.05, 0.1) is 5.69 Å². The molecule has 2 aromatic heterocycles. The van der Waals surface area contributed by atoms with E-state index in [9.17, 15) is 4.79 Å². The van der Waals surface area contributed by atoms with Crippen molar-refractivity contribution in [3.63, 3.8) is 0 Å². The summed E-state index contributed by atoms with van der Waals surface area (Å²) in [5, 5.41) is 7.28. The maximum absolute atomic E-state index is 12.4. The third kappa shape index (κ3) is 3.41. The monoisotopic (exact) mass is 343 g/mol. The minimum absolute atomic E-state index is 0.0837. The molecule has 2 fully saturated rings. The first-order valence-corrected chi connectivity index (χ1v) is 9.21. The van der Waals surface area contributed by atoms with Crippen LogP contribution in [0.4, 0.5) is 4.79 Å². The number of hydrogen-bond acceptors (Lipinski definition) is 4. The number of carbonyl (C=O) groups excluding carboxylic acids is 1. The summed E-state index contributed by atoms with van der Waals surface area (Å²) in [6, 6.07) is 4.40. The van der Waals surface area contributed by atoms with Gasteiger partial charge in [0.15, 0.2) is 0 Å². The Morgan fingerprint density at radius 3 is 2.68 bits per heavy atom. The zero-order valence-electron chi connectivity index (χ0n) is 14.6. The van der Waals surface area contributed by atoms with Crippen LogP contribution in [0.3, 0.4) is 0 Å². The lowest BCUT2D eigenvalue weighted by Gasteiger charge is -2.31. The van der Waals surface area contributed by atoms with Crippen LogP contribution in [0.5, 0.6) is 0 Å². The van der Waals surface area contributed by atoms with Gasteiger partial charge in [0.25, 0.3) is 0 Å². The fourth-order valence-corrected chi connectivity index (χ4v) is 3.86. The molecule has 0 unspecified atom stereocenters. The SMILES string of the molecule is Cn1cccc1-c1noc(C2CCN(C(=O)NC3CCCC3)CC2)n1. The first-order valence-electron chi connectivity index (χ1n) is 9.21. The van der Waals surface area contributed by atoms with Crippen LogP contribution in [0, 0.1) is 0 Å². The van der Waals surface area contributed by atoms with Gasteiger partial charge in [0.2, 0.25) is 11.7 Å². The molecule has 4 rings (SSSR count). The van der Waals surface area contributed by atoms with E-state index in [0.717, 1.165) is 44.5 Å². The number of rotatable bonds is 3. The second kappa shape index (κ2) is 6.90. The van der Waals surface area contributed by atoms with Gasteiger partial charge in [0, 0.05) is 38.3 Å². The Hall–Kier alpha value is -2.31. The Morgan fingerprint density at radius 2 is 2.00 bits per heavy atom. The second-order valence-electron chi connectivity index (χ2n) is 7.15. The first-order chi connectivity index (χ1) is 12.2. The highest BCUT2D eigenvalue weighted by Gasteiger charge is 2.29. The number of aryl methyl sites for hydroxylation is 1. The van der Waals surface area contributed by atoms with Crippen molar-refractivity contribution in [2.24, 2.45) is 7.05 Å². The summed E-state index contributed by atoms with van der Waals surface area (Å²) >= 11 is 0. The molecule has 1 saturated carbocycles. The van der Waals surface area contributed by atoms with Gasteiger partial charge in [-0.15, -0.1) is 0 Å². The molecule has 2 aliphatic rings. The van der Waals surface area contributed by atoms with Crippen LogP contribution in [0.25, 0.3) is 11.5 Å². The lowest BCUT2D eigenvalue weighted by atomic mass is 9.97. The maximum Gasteiger partial charge on any atom is 0.317 e. The van der Waals surface area contributed by atoms with Gasteiger partial charge in [0.1, 0.15) is 0 Å². The van der Waals surface area contributed by atoms with Gasteiger partial charge in [-0.1, -0.05) is 18.0 Å². The molecule has 7 nitrogen and oxygen atoms in total. The predicted octanol–water partition coefficient (Wildman–Crippen LogP) is 2.91. The van der Waals surface area contributed by atoms with E-state index in [4.69, 9.17) is 4.52 Å². The number of aromatic nitrogens is 3. The molecule has 0 radical (unpaired) electrons. The number of hydrogen-bond donors (Lipinski definition) is 1. The zero-order chi connectivity index (χ0) is 17.2. The fraction of sp³-hybridized carbons (Fsp3) is 0.611. The van der Waals surface area contributed by atoms with Gasteiger partial charge in [-0.3, -0.25) is 0 Å². The number of carbonyl (C=O) groups is 1. The van der Waals surface area contributed by atoms with E-state index in [1.54, 1.807) is 0 Å². The zero-order valence-corrected chi connectivity index (χ0v) is 14.6. The summed E-state index contributed by atoms with van der Waals surface area (Å²) in [6.07, 6.45) is 8.39. The quantitative estimate of drug-likeness (QED) is 0.930. The van der Waals surface area contributed by atoms with Crippen molar-refractivity contribution in [2.75, 3.05) is 13.1 Å². The summed E-state index contributed by atoms with van der Waals surface area (Å²) in [6.45, 7) is 1.48. The number of likely N-dealkylation sites (tertiary alicyclic amines) is 1. The van der Waals surface area contributed by atoms with Crippen LogP contribution < -0.4 is 5.32 Å². The molecule has 1 aliphatic carbocycles. The fourth-order valence-electron chi connectivity index (χ4n) is 3.86. The van der Waals surface area contributed by atoms with Crippen LogP contribution in [0.1, 0.15) is 50.3 Å². The molecule has 0 bridgehead atoms. The highest BCUT2D eigenvalue weighted by molar-refractivity contribution is 5.74. The Balaban J connectivity index is 1.33. The minimum atomic E-state index is 0.0837. The summed E-state index contributed by atoms with van der Waals surface area (Å²) in [7, 11) is 1.97. The highest BCUT2D eigenvalue weighted by atomic mass is 16.5. The third-order valence-electron chi connectivity index (χ3n) is 5.43. The minimum Gasteiger partial charge on any atom is -0.348 e. The molecule has 2 aromatic rings. The van der Waals surface area contributed by atoms with Crippen molar-refractivity contribution >= 4 is 6.03 Å². The molecule has 3 heterocycles. The molecular formula is C18H25N5O2. The lowest BCUT2D eigenvalue weighted by molar-refractivity contribution is 0.172. The standard InChI is InChI=1S/C18H25N5O2/c1-22-10-4-7-15(22)16-20-17(25-21-16)13-8-11-23(12-9-13)18(24)19-14-5-2-3-6-14/h4,7,10,13-14H,2-3,5-6,8-9,11-12H2,1H3,(H,19,24). The molecule has 0 aromatic carbocycles. The molecule has 0 spiro atoms. The molecule has 134 valence electrons. The van der Waals surface area contributed by atoms with Crippen molar-refractivity contribution in [1.29, 1.82) is 0 Å². The second-order valence-corrected chi connectivity index (χ2v) is 7.15. The largest absolute Gasteiger partial charge is 0.348 e. The van der Waals surface area contributed by atoms with Crippen molar-refractivity contribution in [3.8, 4) is 11.5 Å². The Bertz CT molecular complexity index is 723. The predicted molar refractivity (Wildman–Crippen MR) is 93.0 cm³/mol. The van der Waals surface area contributed by atoms with Crippen molar-refractivity contribution in [2.45, 2.75) is 50.5 Å². The average Bonchev–Trinajstić information content (AvgIpc) is 3.36. The van der Waals surface area contributed by atoms with Crippen LogP contribution >= 0.6 is 0 Å². The normalized spacial score (nSPS) is 19.5. The number of nitrogens with zero attached hydrogens (tertiary/aromatic N) is 4. The summed E-state index contributed by atoms with van der Waals surface area (Å²) < 4.78 is 7.47. The smallest absolute Gasteiger partial charge is 0.317 e. The van der Waals surface area contributed by atoms with E-state index >= 15 is 0 Å². The van der Waals surface area contributed by atoms with Crippen molar-refractivity contribution < 1.29 is 9.32 Å². The molecule has 1 saturated heterocycles. The molecule has 1 N–H and O–H groups in total. The maximum atomic E-state index is 12.4. The molecule has 1 aliphatic heterocycles. The van der Waals surface area contributed by atoms with Crippen molar-refractivity contribution in [1.82, 2.24) is 24.9 Å². The van der Waals surface area contributed by atoms with E-state index in [1.807, 2.05) is 34.8 Å². The van der Waals surface area contributed by atoms with Gasteiger partial charge in [-0.2, -0.15) is 4.98 Å². The highest BCUT2D eigenvalue weighted by Crippen LogP contribution is 2.28. The van der Waals surface area contributed by atoms with Crippen molar-refractivity contribution in [3.05, 3.63) is 24.2 Å². The Labute approximate surface area is 147 Å². The number of amides is 2. The van der Waals surface area contributed by atoms with E-state index in [-0.39, 0.29) is 11.9 Å². The van der Waals surface area contributed by atoms with Gasteiger partial charge in [-0.25, -0.2) is 4.79 Å². The van der Waals surface area contributed by atoms with Gasteiger partial charge < -0.3 is 19.3 Å². The summed E-state index contributed by atoms with van der Waals surface area (Å²) in [4.78, 5) is 18.8.